The number of rotatable bonds is 5. The van der Waals surface area contributed by atoms with E-state index in [4.69, 9.17) is 16.3 Å². The normalized spacial score (nSPS) is 16.0. The molecule has 0 aromatic carbocycles. The van der Waals surface area contributed by atoms with Crippen LogP contribution in [0.5, 0.6) is 0 Å². The van der Waals surface area contributed by atoms with Gasteiger partial charge in [-0.1, -0.05) is 13.8 Å². The summed E-state index contributed by atoms with van der Waals surface area (Å²) >= 11 is 5.97. The zero-order chi connectivity index (χ0) is 16.1. The zero-order valence-corrected chi connectivity index (χ0v) is 14.3. The van der Waals surface area contributed by atoms with Crippen molar-refractivity contribution in [2.24, 2.45) is 5.92 Å². The largest absolute Gasteiger partial charge is 0.381 e. The van der Waals surface area contributed by atoms with E-state index in [1.807, 2.05) is 25.7 Å². The van der Waals surface area contributed by atoms with Gasteiger partial charge in [0.2, 0.25) is 11.2 Å². The van der Waals surface area contributed by atoms with Crippen LogP contribution in [0.15, 0.2) is 6.20 Å². The van der Waals surface area contributed by atoms with Gasteiger partial charge in [-0.3, -0.25) is 9.69 Å². The van der Waals surface area contributed by atoms with Gasteiger partial charge in [0, 0.05) is 36.9 Å². The topological polar surface area (TPSA) is 55.3 Å². The number of hydrogen-bond acceptors (Lipinski definition) is 4. The summed E-state index contributed by atoms with van der Waals surface area (Å²) in [6.45, 7) is 7.37. The molecule has 1 aromatic rings. The molecule has 0 unspecified atom stereocenters. The quantitative estimate of drug-likeness (QED) is 0.779. The van der Waals surface area contributed by atoms with Crippen molar-refractivity contribution in [3.63, 3.8) is 0 Å². The number of ether oxygens (including phenoxy) is 1. The fourth-order valence-electron chi connectivity index (χ4n) is 2.89. The molecule has 22 heavy (non-hydrogen) atoms. The molecule has 122 valence electrons. The Morgan fingerprint density at radius 1 is 1.41 bits per heavy atom. The average molecular weight is 326 g/mol. The number of hydrogen-bond donors (Lipinski definition) is 0. The van der Waals surface area contributed by atoms with Crippen LogP contribution in [-0.2, 0) is 9.53 Å². The smallest absolute Gasteiger partial charge is 0.231 e. The van der Waals surface area contributed by atoms with Crippen LogP contribution in [-0.4, -0.2) is 35.1 Å². The molecule has 6 heteroatoms. The maximum atomic E-state index is 13.1. The van der Waals surface area contributed by atoms with Crippen molar-refractivity contribution in [3.05, 3.63) is 17.0 Å². The Kier molecular flexibility index (Phi) is 6.15. The Hall–Kier alpha value is -1.20. The molecule has 2 rings (SSSR count). The predicted molar refractivity (Wildman–Crippen MR) is 87.2 cm³/mol. The minimum atomic E-state index is 0.0102. The van der Waals surface area contributed by atoms with Crippen LogP contribution in [0.2, 0.25) is 5.28 Å². The van der Waals surface area contributed by atoms with E-state index in [2.05, 4.69) is 9.97 Å². The first-order valence-electron chi connectivity index (χ1n) is 7.98. The Morgan fingerprint density at radius 2 is 2.05 bits per heavy atom. The number of aromatic nitrogens is 2. The molecule has 1 saturated heterocycles. The summed E-state index contributed by atoms with van der Waals surface area (Å²) in [6.07, 6.45) is 4.98. The molecule has 1 aliphatic rings. The molecule has 0 aliphatic carbocycles. The highest BCUT2D eigenvalue weighted by atomic mass is 35.5. The third-order valence-electron chi connectivity index (χ3n) is 4.27. The number of anilines is 1. The minimum absolute atomic E-state index is 0.0102. The molecule has 0 atom stereocenters. The highest BCUT2D eigenvalue weighted by molar-refractivity contribution is 6.28. The molecule has 2 heterocycles. The highest BCUT2D eigenvalue weighted by Gasteiger charge is 2.32. The third kappa shape index (κ3) is 3.76. The van der Waals surface area contributed by atoms with Gasteiger partial charge in [0.25, 0.3) is 0 Å². The van der Waals surface area contributed by atoms with Crippen molar-refractivity contribution in [1.82, 2.24) is 9.97 Å². The summed E-state index contributed by atoms with van der Waals surface area (Å²) < 4.78 is 5.44. The van der Waals surface area contributed by atoms with Crippen LogP contribution in [0.25, 0.3) is 0 Å². The lowest BCUT2D eigenvalue weighted by Crippen LogP contribution is -2.47. The van der Waals surface area contributed by atoms with Gasteiger partial charge in [-0.15, -0.1) is 0 Å². The van der Waals surface area contributed by atoms with Crippen molar-refractivity contribution >= 4 is 23.3 Å². The molecule has 1 amide bonds. The van der Waals surface area contributed by atoms with E-state index in [9.17, 15) is 4.79 Å². The fourth-order valence-corrected chi connectivity index (χ4v) is 3.02. The second kappa shape index (κ2) is 7.88. The Labute approximate surface area is 137 Å². The molecule has 0 spiro atoms. The SMILES string of the molecule is CCC(CC)C(=O)N(c1nc(Cl)ncc1C)C1CCOCC1. The van der Waals surface area contributed by atoms with Gasteiger partial charge < -0.3 is 4.74 Å². The summed E-state index contributed by atoms with van der Waals surface area (Å²) in [4.78, 5) is 23.2. The van der Waals surface area contributed by atoms with Crippen LogP contribution < -0.4 is 4.90 Å². The number of aryl methyl sites for hydroxylation is 1. The second-order valence-electron chi connectivity index (χ2n) is 5.71. The van der Waals surface area contributed by atoms with E-state index in [1.54, 1.807) is 6.20 Å². The number of carbonyl (C=O) groups is 1. The molecular weight excluding hydrogens is 302 g/mol. The van der Waals surface area contributed by atoms with Crippen molar-refractivity contribution in [2.75, 3.05) is 18.1 Å². The summed E-state index contributed by atoms with van der Waals surface area (Å²) in [5, 5.41) is 0.176. The van der Waals surface area contributed by atoms with Crippen molar-refractivity contribution in [1.29, 1.82) is 0 Å². The van der Waals surface area contributed by atoms with Crippen LogP contribution in [0.4, 0.5) is 5.82 Å². The molecule has 0 bridgehead atoms. The van der Waals surface area contributed by atoms with Crippen molar-refractivity contribution in [2.45, 2.75) is 52.5 Å². The van der Waals surface area contributed by atoms with Gasteiger partial charge in [-0.25, -0.2) is 4.98 Å². The lowest BCUT2D eigenvalue weighted by atomic mass is 9.98. The molecule has 1 fully saturated rings. The molecule has 5 nitrogen and oxygen atoms in total. The van der Waals surface area contributed by atoms with Crippen LogP contribution in [0.1, 0.15) is 45.1 Å². The van der Waals surface area contributed by atoms with Crippen molar-refractivity contribution < 1.29 is 9.53 Å². The number of carbonyl (C=O) groups excluding carboxylic acids is 1. The standard InChI is InChI=1S/C16H24ClN3O2/c1-4-12(5-2)15(21)20(13-6-8-22-9-7-13)14-11(3)10-18-16(17)19-14/h10,12-13H,4-9H2,1-3H3. The van der Waals surface area contributed by atoms with Crippen LogP contribution in [0, 0.1) is 12.8 Å². The van der Waals surface area contributed by atoms with Crippen LogP contribution >= 0.6 is 11.6 Å². The molecule has 0 saturated carbocycles. The van der Waals surface area contributed by atoms with E-state index < -0.39 is 0 Å². The van der Waals surface area contributed by atoms with E-state index >= 15 is 0 Å². The maximum absolute atomic E-state index is 13.1. The molecule has 1 aromatic heterocycles. The Bertz CT molecular complexity index is 514. The fraction of sp³-hybridized carbons (Fsp3) is 0.688. The molecule has 1 aliphatic heterocycles. The van der Waals surface area contributed by atoms with E-state index in [0.717, 1.165) is 31.2 Å². The van der Waals surface area contributed by atoms with Gasteiger partial charge >= 0.3 is 0 Å². The minimum Gasteiger partial charge on any atom is -0.381 e. The maximum Gasteiger partial charge on any atom is 0.231 e. The lowest BCUT2D eigenvalue weighted by molar-refractivity contribution is -0.123. The zero-order valence-electron chi connectivity index (χ0n) is 13.5. The highest BCUT2D eigenvalue weighted by Crippen LogP contribution is 2.28. The number of nitrogens with zero attached hydrogens (tertiary/aromatic N) is 3. The Morgan fingerprint density at radius 3 is 2.64 bits per heavy atom. The monoisotopic (exact) mass is 325 g/mol. The summed E-state index contributed by atoms with van der Waals surface area (Å²) in [7, 11) is 0. The average Bonchev–Trinajstić information content (AvgIpc) is 2.53. The molecular formula is C16H24ClN3O2. The van der Waals surface area contributed by atoms with Crippen molar-refractivity contribution in [3.8, 4) is 0 Å². The molecule has 0 radical (unpaired) electrons. The summed E-state index contributed by atoms with van der Waals surface area (Å²) in [6, 6.07) is 0.117. The lowest BCUT2D eigenvalue weighted by Gasteiger charge is -2.36. The van der Waals surface area contributed by atoms with Gasteiger partial charge in [0.15, 0.2) is 0 Å². The van der Waals surface area contributed by atoms with E-state index in [-0.39, 0.29) is 23.2 Å². The van der Waals surface area contributed by atoms with Gasteiger partial charge in [0.05, 0.1) is 0 Å². The first kappa shape index (κ1) is 17.2. The number of halogens is 1. The Balaban J connectivity index is 2.40. The van der Waals surface area contributed by atoms with Crippen LogP contribution in [0.3, 0.4) is 0 Å². The van der Waals surface area contributed by atoms with Gasteiger partial charge in [0.1, 0.15) is 5.82 Å². The number of amides is 1. The summed E-state index contributed by atoms with van der Waals surface area (Å²) in [5.41, 5.74) is 0.871. The second-order valence-corrected chi connectivity index (χ2v) is 6.05. The van der Waals surface area contributed by atoms with E-state index in [0.29, 0.717) is 19.0 Å². The summed E-state index contributed by atoms with van der Waals surface area (Å²) in [5.74, 6) is 0.787. The first-order chi connectivity index (χ1) is 10.6. The molecule has 0 N–H and O–H groups in total. The van der Waals surface area contributed by atoms with E-state index in [1.165, 1.54) is 0 Å². The first-order valence-corrected chi connectivity index (χ1v) is 8.36. The third-order valence-corrected chi connectivity index (χ3v) is 4.45. The predicted octanol–water partition coefficient (Wildman–Crippen LogP) is 3.39. The van der Waals surface area contributed by atoms with Gasteiger partial charge in [-0.2, -0.15) is 4.98 Å². The van der Waals surface area contributed by atoms with Gasteiger partial charge in [-0.05, 0) is 44.2 Å².